The van der Waals surface area contributed by atoms with Crippen molar-refractivity contribution in [2.45, 2.75) is 37.3 Å². The number of nitrogens with one attached hydrogen (secondary N) is 1. The van der Waals surface area contributed by atoms with Crippen molar-refractivity contribution in [1.82, 2.24) is 19.9 Å². The average molecular weight is 450 g/mol. The van der Waals surface area contributed by atoms with E-state index < -0.39 is 17.2 Å². The summed E-state index contributed by atoms with van der Waals surface area (Å²) in [6, 6.07) is 11.4. The zero-order valence-electron chi connectivity index (χ0n) is 17.9. The van der Waals surface area contributed by atoms with Gasteiger partial charge in [-0.3, -0.25) is 4.98 Å². The summed E-state index contributed by atoms with van der Waals surface area (Å²) in [6.07, 6.45) is 0.752. The van der Waals surface area contributed by atoms with Crippen LogP contribution in [0.15, 0.2) is 48.8 Å². The monoisotopic (exact) mass is 450 g/mol. The van der Waals surface area contributed by atoms with Crippen molar-refractivity contribution >= 4 is 11.2 Å². The molecule has 1 aliphatic heterocycles. The van der Waals surface area contributed by atoms with Crippen LogP contribution in [0.25, 0.3) is 22.3 Å². The minimum absolute atomic E-state index is 0.262. The van der Waals surface area contributed by atoms with Gasteiger partial charge in [0.05, 0.1) is 29.7 Å². The summed E-state index contributed by atoms with van der Waals surface area (Å²) in [5.41, 5.74) is 4.72. The van der Waals surface area contributed by atoms with Crippen molar-refractivity contribution in [3.63, 3.8) is 0 Å². The number of rotatable bonds is 4. The molecule has 0 atom stereocenters. The summed E-state index contributed by atoms with van der Waals surface area (Å²) < 4.78 is 44.7. The molecule has 1 aliphatic carbocycles. The number of H-pyrrole nitrogens is 1. The molecule has 0 bridgehead atoms. The van der Waals surface area contributed by atoms with E-state index in [0.717, 1.165) is 29.0 Å². The fraction of sp³-hybridized carbons (Fsp3) is 0.320. The van der Waals surface area contributed by atoms with E-state index in [1.807, 2.05) is 18.3 Å². The number of benzene rings is 1. The van der Waals surface area contributed by atoms with Crippen LogP contribution in [0.1, 0.15) is 47.0 Å². The number of pyridine rings is 2. The zero-order valence-corrected chi connectivity index (χ0v) is 17.9. The van der Waals surface area contributed by atoms with Gasteiger partial charge >= 0.3 is 6.18 Å². The second kappa shape index (κ2) is 7.12. The van der Waals surface area contributed by atoms with Crippen LogP contribution >= 0.6 is 0 Å². The minimum Gasteiger partial charge on any atom is -0.378 e. The van der Waals surface area contributed by atoms with Gasteiger partial charge in [0.2, 0.25) is 0 Å². The Morgan fingerprint density at radius 3 is 2.39 bits per heavy atom. The third-order valence-corrected chi connectivity index (χ3v) is 6.69. The SMILES string of the molecule is Cc1cc(C2CC2)ncc1-c1ccc(C2(c3nc4ncc(C(F)(F)F)cc4[nH]3)COC2)cc1. The van der Waals surface area contributed by atoms with E-state index in [0.29, 0.717) is 25.0 Å². The van der Waals surface area contributed by atoms with Gasteiger partial charge in [0, 0.05) is 29.6 Å². The Bertz CT molecular complexity index is 1350. The minimum atomic E-state index is -4.45. The van der Waals surface area contributed by atoms with Gasteiger partial charge in [-0.05, 0) is 48.6 Å². The molecule has 0 spiro atoms. The van der Waals surface area contributed by atoms with Crippen molar-refractivity contribution in [1.29, 1.82) is 0 Å². The van der Waals surface area contributed by atoms with Gasteiger partial charge in [0.25, 0.3) is 0 Å². The van der Waals surface area contributed by atoms with Crippen LogP contribution in [-0.4, -0.2) is 33.1 Å². The summed E-state index contributed by atoms with van der Waals surface area (Å²) >= 11 is 0. The van der Waals surface area contributed by atoms with E-state index in [2.05, 4.69) is 45.1 Å². The van der Waals surface area contributed by atoms with Crippen LogP contribution in [-0.2, 0) is 16.3 Å². The first-order valence-electron chi connectivity index (χ1n) is 10.9. The number of ether oxygens (including phenoxy) is 1. The molecular formula is C25H21F3N4O. The Morgan fingerprint density at radius 1 is 1.03 bits per heavy atom. The number of aromatic nitrogens is 4. The smallest absolute Gasteiger partial charge is 0.378 e. The van der Waals surface area contributed by atoms with Crippen molar-refractivity contribution in [2.75, 3.05) is 13.2 Å². The molecule has 5 nitrogen and oxygen atoms in total. The molecule has 2 fully saturated rings. The Balaban J connectivity index is 1.34. The number of halogens is 3. The Morgan fingerprint density at radius 2 is 1.79 bits per heavy atom. The molecule has 3 aromatic heterocycles. The highest BCUT2D eigenvalue weighted by Gasteiger charge is 2.45. The van der Waals surface area contributed by atoms with Gasteiger partial charge in [0.1, 0.15) is 5.82 Å². The van der Waals surface area contributed by atoms with Gasteiger partial charge in [-0.25, -0.2) is 9.97 Å². The van der Waals surface area contributed by atoms with Crippen LogP contribution < -0.4 is 0 Å². The molecule has 1 N–H and O–H groups in total. The predicted molar refractivity (Wildman–Crippen MR) is 117 cm³/mol. The highest BCUT2D eigenvalue weighted by atomic mass is 19.4. The van der Waals surface area contributed by atoms with Crippen LogP contribution in [0.4, 0.5) is 13.2 Å². The number of imidazole rings is 1. The Hall–Kier alpha value is -3.26. The van der Waals surface area contributed by atoms with Crippen molar-refractivity contribution in [3.8, 4) is 11.1 Å². The second-order valence-corrected chi connectivity index (χ2v) is 9.03. The lowest BCUT2D eigenvalue weighted by atomic mass is 9.77. The molecule has 1 aromatic carbocycles. The number of hydrogen-bond donors (Lipinski definition) is 1. The molecule has 2 aliphatic rings. The number of aryl methyl sites for hydroxylation is 1. The maximum atomic E-state index is 13.1. The lowest BCUT2D eigenvalue weighted by Crippen LogP contribution is -2.48. The fourth-order valence-electron chi connectivity index (χ4n) is 4.48. The highest BCUT2D eigenvalue weighted by Crippen LogP contribution is 2.41. The van der Waals surface area contributed by atoms with Crippen molar-refractivity contribution in [2.24, 2.45) is 0 Å². The lowest BCUT2D eigenvalue weighted by Gasteiger charge is -2.40. The molecule has 0 radical (unpaired) electrons. The van der Waals surface area contributed by atoms with Crippen LogP contribution in [0.2, 0.25) is 0 Å². The molecule has 168 valence electrons. The van der Waals surface area contributed by atoms with E-state index >= 15 is 0 Å². The molecule has 1 saturated heterocycles. The summed E-state index contributed by atoms with van der Waals surface area (Å²) in [7, 11) is 0. The van der Waals surface area contributed by atoms with Gasteiger partial charge in [-0.15, -0.1) is 0 Å². The number of fused-ring (bicyclic) bond motifs is 1. The van der Waals surface area contributed by atoms with Crippen LogP contribution in [0, 0.1) is 6.92 Å². The Labute approximate surface area is 188 Å². The maximum absolute atomic E-state index is 13.1. The van der Waals surface area contributed by atoms with Crippen LogP contribution in [0.3, 0.4) is 0 Å². The third kappa shape index (κ3) is 3.40. The van der Waals surface area contributed by atoms with Gasteiger partial charge in [-0.1, -0.05) is 24.3 Å². The van der Waals surface area contributed by atoms with E-state index in [9.17, 15) is 13.2 Å². The molecule has 33 heavy (non-hydrogen) atoms. The maximum Gasteiger partial charge on any atom is 0.417 e. The number of aromatic amines is 1. The molecule has 0 unspecified atom stereocenters. The molecule has 0 amide bonds. The third-order valence-electron chi connectivity index (χ3n) is 6.69. The molecule has 1 saturated carbocycles. The topological polar surface area (TPSA) is 63.7 Å². The first-order valence-corrected chi connectivity index (χ1v) is 10.9. The summed E-state index contributed by atoms with van der Waals surface area (Å²) in [6.45, 7) is 2.90. The number of alkyl halides is 3. The molecule has 4 aromatic rings. The fourth-order valence-corrected chi connectivity index (χ4v) is 4.48. The summed E-state index contributed by atoms with van der Waals surface area (Å²) in [4.78, 5) is 16.1. The molecule has 6 rings (SSSR count). The summed E-state index contributed by atoms with van der Waals surface area (Å²) in [5.74, 6) is 1.18. The Kier molecular flexibility index (Phi) is 4.39. The first kappa shape index (κ1) is 20.4. The second-order valence-electron chi connectivity index (χ2n) is 9.03. The number of hydrogen-bond acceptors (Lipinski definition) is 4. The average Bonchev–Trinajstić information content (AvgIpc) is 3.52. The molecule has 8 heteroatoms. The van der Waals surface area contributed by atoms with E-state index in [1.165, 1.54) is 24.1 Å². The predicted octanol–water partition coefficient (Wildman–Crippen LogP) is 5.54. The number of nitrogens with zero attached hydrogens (tertiary/aromatic N) is 3. The molecule has 4 heterocycles. The first-order chi connectivity index (χ1) is 15.8. The summed E-state index contributed by atoms with van der Waals surface area (Å²) in [5, 5.41) is 0. The van der Waals surface area contributed by atoms with Gasteiger partial charge in [-0.2, -0.15) is 13.2 Å². The standard InChI is InChI=1S/C25H21F3N4O/c1-14-8-20(16-2-3-16)29-11-19(14)15-4-6-17(7-5-15)24(12-33-13-24)23-31-21-9-18(25(26,27)28)10-30-22(21)32-23/h4-11,16H,2-3,12-13H2,1H3,(H,30,31,32). The van der Waals surface area contributed by atoms with Crippen molar-refractivity contribution < 1.29 is 17.9 Å². The largest absolute Gasteiger partial charge is 0.417 e. The van der Waals surface area contributed by atoms with E-state index in [-0.39, 0.29) is 11.2 Å². The van der Waals surface area contributed by atoms with E-state index in [4.69, 9.17) is 4.74 Å². The van der Waals surface area contributed by atoms with E-state index in [1.54, 1.807) is 0 Å². The zero-order chi connectivity index (χ0) is 22.8. The van der Waals surface area contributed by atoms with Gasteiger partial charge < -0.3 is 9.72 Å². The lowest BCUT2D eigenvalue weighted by molar-refractivity contribution is -0.137. The highest BCUT2D eigenvalue weighted by molar-refractivity contribution is 5.72. The van der Waals surface area contributed by atoms with Crippen molar-refractivity contribution in [3.05, 3.63) is 77.0 Å². The normalized spacial score (nSPS) is 17.8. The van der Waals surface area contributed by atoms with Gasteiger partial charge in [0.15, 0.2) is 5.65 Å². The quantitative estimate of drug-likeness (QED) is 0.443. The van der Waals surface area contributed by atoms with Crippen LogP contribution in [0.5, 0.6) is 0 Å². The molecular weight excluding hydrogens is 429 g/mol.